The lowest BCUT2D eigenvalue weighted by molar-refractivity contribution is -0.111. The molecule has 2 aliphatic heterocycles. The fourth-order valence-electron chi connectivity index (χ4n) is 3.57. The van der Waals surface area contributed by atoms with E-state index in [9.17, 15) is 9.59 Å². The van der Waals surface area contributed by atoms with Gasteiger partial charge in [-0.25, -0.2) is 0 Å². The van der Waals surface area contributed by atoms with Crippen molar-refractivity contribution in [1.29, 1.82) is 0 Å². The second kappa shape index (κ2) is 8.88. The Morgan fingerprint density at radius 2 is 1.35 bits per heavy atom. The normalized spacial score (nSPS) is 16.6. The van der Waals surface area contributed by atoms with Crippen LogP contribution in [0.4, 0.5) is 11.4 Å². The Kier molecular flexibility index (Phi) is 5.85. The molecule has 3 aromatic rings. The Labute approximate surface area is 181 Å². The zero-order valence-electron chi connectivity index (χ0n) is 17.6. The summed E-state index contributed by atoms with van der Waals surface area (Å²) in [6.45, 7) is 4.30. The first-order valence-electron chi connectivity index (χ1n) is 10.4. The molecule has 0 radical (unpaired) electrons. The van der Waals surface area contributed by atoms with Gasteiger partial charge in [0.15, 0.2) is 0 Å². The van der Waals surface area contributed by atoms with Gasteiger partial charge in [-0.15, -0.1) is 0 Å². The van der Waals surface area contributed by atoms with Crippen molar-refractivity contribution in [1.82, 2.24) is 4.98 Å². The zero-order valence-corrected chi connectivity index (χ0v) is 17.6. The highest BCUT2D eigenvalue weighted by molar-refractivity contribution is 6.34. The van der Waals surface area contributed by atoms with E-state index in [0.29, 0.717) is 11.5 Å². The molecular weight excluding hydrogens is 386 g/mol. The summed E-state index contributed by atoms with van der Waals surface area (Å²) in [5, 5.41) is 5.70. The van der Waals surface area contributed by atoms with Crippen molar-refractivity contribution >= 4 is 40.4 Å². The third kappa shape index (κ3) is 4.51. The second-order valence-corrected chi connectivity index (χ2v) is 7.93. The maximum atomic E-state index is 11.8. The van der Waals surface area contributed by atoms with Crippen LogP contribution in [-0.2, 0) is 9.59 Å². The maximum absolute atomic E-state index is 11.8. The molecule has 0 spiro atoms. The van der Waals surface area contributed by atoms with Gasteiger partial charge in [0.25, 0.3) is 11.8 Å². The zero-order chi connectivity index (χ0) is 21.8. The number of H-pyrrole nitrogens is 1. The SMILES string of the molecule is CC(C)C/C=C1\C(=O)Nc2ccccc21.O=C1Nc2ccccc2/C1=C/c1ccc[nH]1. The van der Waals surface area contributed by atoms with E-state index in [4.69, 9.17) is 0 Å². The van der Waals surface area contributed by atoms with Gasteiger partial charge in [-0.2, -0.15) is 0 Å². The van der Waals surface area contributed by atoms with Crippen LogP contribution < -0.4 is 10.6 Å². The fraction of sp³-hybridized carbons (Fsp3) is 0.154. The number of nitrogens with one attached hydrogen (secondary N) is 3. The van der Waals surface area contributed by atoms with E-state index in [1.54, 1.807) is 0 Å². The number of hydrogen-bond donors (Lipinski definition) is 3. The third-order valence-electron chi connectivity index (χ3n) is 5.14. The Bertz CT molecular complexity index is 1170. The minimum atomic E-state index is -0.0456. The minimum absolute atomic E-state index is 0.0249. The second-order valence-electron chi connectivity index (χ2n) is 7.93. The lowest BCUT2D eigenvalue weighted by Crippen LogP contribution is -2.03. The number of carbonyl (C=O) groups excluding carboxylic acids is 2. The van der Waals surface area contributed by atoms with Crippen LogP contribution >= 0.6 is 0 Å². The Morgan fingerprint density at radius 3 is 1.94 bits per heavy atom. The van der Waals surface area contributed by atoms with Gasteiger partial charge >= 0.3 is 0 Å². The van der Waals surface area contributed by atoms with Crippen LogP contribution in [0.1, 0.15) is 37.1 Å². The molecule has 0 saturated carbocycles. The molecule has 3 heterocycles. The number of aromatic amines is 1. The Hall–Kier alpha value is -3.86. The highest BCUT2D eigenvalue weighted by Gasteiger charge is 2.23. The highest BCUT2D eigenvalue weighted by Crippen LogP contribution is 2.33. The molecule has 0 atom stereocenters. The minimum Gasteiger partial charge on any atom is -0.362 e. The number of hydrogen-bond acceptors (Lipinski definition) is 2. The molecule has 31 heavy (non-hydrogen) atoms. The van der Waals surface area contributed by atoms with Gasteiger partial charge in [0.05, 0.1) is 5.57 Å². The van der Waals surface area contributed by atoms with Crippen LogP contribution in [0, 0.1) is 5.92 Å². The molecule has 5 rings (SSSR count). The van der Waals surface area contributed by atoms with Crippen LogP contribution in [-0.4, -0.2) is 16.8 Å². The van der Waals surface area contributed by atoms with Crippen molar-refractivity contribution in [2.24, 2.45) is 5.92 Å². The molecule has 1 aromatic heterocycles. The van der Waals surface area contributed by atoms with E-state index < -0.39 is 0 Å². The molecule has 5 heteroatoms. The van der Waals surface area contributed by atoms with Gasteiger partial charge in [0.1, 0.15) is 0 Å². The molecule has 2 aromatic carbocycles. The summed E-state index contributed by atoms with van der Waals surface area (Å²) in [5.41, 5.74) is 6.26. The van der Waals surface area contributed by atoms with Gasteiger partial charge in [-0.3, -0.25) is 9.59 Å². The van der Waals surface area contributed by atoms with Gasteiger partial charge in [-0.05, 0) is 42.7 Å². The molecule has 2 aliphatic rings. The van der Waals surface area contributed by atoms with Crippen molar-refractivity contribution in [3.05, 3.63) is 89.8 Å². The first kappa shape index (κ1) is 20.4. The Balaban J connectivity index is 0.000000150. The average Bonchev–Trinajstić information content (AvgIpc) is 3.45. The van der Waals surface area contributed by atoms with Crippen LogP contribution in [0.2, 0.25) is 0 Å². The van der Waals surface area contributed by atoms with Gasteiger partial charge in [-0.1, -0.05) is 56.3 Å². The van der Waals surface area contributed by atoms with E-state index in [-0.39, 0.29) is 11.8 Å². The third-order valence-corrected chi connectivity index (χ3v) is 5.14. The number of allylic oxidation sites excluding steroid dienone is 1. The van der Waals surface area contributed by atoms with Gasteiger partial charge in [0, 0.05) is 40.0 Å². The van der Waals surface area contributed by atoms with Crippen molar-refractivity contribution in [2.45, 2.75) is 20.3 Å². The summed E-state index contributed by atoms with van der Waals surface area (Å²) in [5.74, 6) is 0.561. The van der Waals surface area contributed by atoms with Crippen molar-refractivity contribution in [3.8, 4) is 0 Å². The summed E-state index contributed by atoms with van der Waals surface area (Å²) in [4.78, 5) is 26.5. The number of para-hydroxylation sites is 2. The number of rotatable bonds is 3. The first-order valence-corrected chi connectivity index (χ1v) is 10.4. The van der Waals surface area contributed by atoms with E-state index in [2.05, 4.69) is 29.5 Å². The van der Waals surface area contributed by atoms with E-state index in [0.717, 1.165) is 40.2 Å². The van der Waals surface area contributed by atoms with Crippen LogP contribution in [0.15, 0.2) is 72.9 Å². The summed E-state index contributed by atoms with van der Waals surface area (Å²) < 4.78 is 0. The van der Waals surface area contributed by atoms with E-state index >= 15 is 0 Å². The standard InChI is InChI=1S/C13H10N2O.C13H15NO/c16-13-11(8-9-4-3-7-14-9)10-5-1-2-6-12(10)15-13;1-9(2)7-8-11-10-5-3-4-6-12(10)14-13(11)15/h1-8,14H,(H,15,16);3-6,8-9H,7H2,1-2H3,(H,14,15)/b2*11-8-. The predicted octanol–water partition coefficient (Wildman–Crippen LogP) is 5.58. The lowest BCUT2D eigenvalue weighted by Gasteiger charge is -2.00. The van der Waals surface area contributed by atoms with Gasteiger partial charge < -0.3 is 15.6 Å². The molecule has 0 unspecified atom stereocenters. The number of benzene rings is 2. The van der Waals surface area contributed by atoms with Crippen LogP contribution in [0.3, 0.4) is 0 Å². The maximum Gasteiger partial charge on any atom is 0.256 e. The van der Waals surface area contributed by atoms with E-state index in [1.165, 1.54) is 0 Å². The molecule has 156 valence electrons. The summed E-state index contributed by atoms with van der Waals surface area (Å²) in [6, 6.07) is 19.4. The molecule has 5 nitrogen and oxygen atoms in total. The van der Waals surface area contributed by atoms with Crippen LogP contribution in [0.25, 0.3) is 17.2 Å². The number of aromatic nitrogens is 1. The topological polar surface area (TPSA) is 74.0 Å². The number of anilines is 2. The quantitative estimate of drug-likeness (QED) is 0.493. The smallest absolute Gasteiger partial charge is 0.256 e. The number of carbonyl (C=O) groups is 2. The predicted molar refractivity (Wildman–Crippen MR) is 126 cm³/mol. The molecule has 0 bridgehead atoms. The number of amides is 2. The fourth-order valence-corrected chi connectivity index (χ4v) is 3.57. The largest absolute Gasteiger partial charge is 0.362 e. The summed E-state index contributed by atoms with van der Waals surface area (Å²) in [6.07, 6.45) is 6.68. The van der Waals surface area contributed by atoms with Crippen molar-refractivity contribution in [2.75, 3.05) is 10.6 Å². The molecule has 0 fully saturated rings. The average molecular weight is 412 g/mol. The van der Waals surface area contributed by atoms with Crippen molar-refractivity contribution < 1.29 is 9.59 Å². The van der Waals surface area contributed by atoms with Gasteiger partial charge in [0.2, 0.25) is 0 Å². The molecular formula is C26H25N3O2. The van der Waals surface area contributed by atoms with E-state index in [1.807, 2.05) is 79.0 Å². The summed E-state index contributed by atoms with van der Waals surface area (Å²) in [7, 11) is 0. The lowest BCUT2D eigenvalue weighted by atomic mass is 10.0. The first-order chi connectivity index (χ1) is 15.0. The molecule has 3 N–H and O–H groups in total. The van der Waals surface area contributed by atoms with Crippen LogP contribution in [0.5, 0.6) is 0 Å². The summed E-state index contributed by atoms with van der Waals surface area (Å²) >= 11 is 0. The molecule has 0 aliphatic carbocycles. The monoisotopic (exact) mass is 411 g/mol. The highest BCUT2D eigenvalue weighted by atomic mass is 16.2. The number of fused-ring (bicyclic) bond motifs is 2. The Morgan fingerprint density at radius 1 is 0.774 bits per heavy atom. The van der Waals surface area contributed by atoms with Crippen molar-refractivity contribution in [3.63, 3.8) is 0 Å². The molecule has 2 amide bonds. The molecule has 0 saturated heterocycles.